The molecule has 0 rings (SSSR count). The molecule has 0 aromatic carbocycles. The van der Waals surface area contributed by atoms with Crippen LogP contribution < -0.4 is 5.73 Å². The van der Waals surface area contributed by atoms with E-state index in [0.29, 0.717) is 5.92 Å². The van der Waals surface area contributed by atoms with Gasteiger partial charge in [-0.1, -0.05) is 6.92 Å². The minimum absolute atomic E-state index is 0.192. The van der Waals surface area contributed by atoms with E-state index >= 15 is 0 Å². The molecule has 4 heteroatoms. The second-order valence-electron chi connectivity index (χ2n) is 12.9. The van der Waals surface area contributed by atoms with Crippen LogP contribution in [0, 0.1) is 5.92 Å². The third-order valence-corrected chi connectivity index (χ3v) is 14.8. The summed E-state index contributed by atoms with van der Waals surface area (Å²) in [5.74, 6) is 0.583. The zero-order valence-corrected chi connectivity index (χ0v) is 29.0. The summed E-state index contributed by atoms with van der Waals surface area (Å²) in [7, 11) is -1.38. The summed E-state index contributed by atoms with van der Waals surface area (Å²) < 4.78 is 13.2. The van der Waals surface area contributed by atoms with Gasteiger partial charge in [0.25, 0.3) is 0 Å². The molecule has 0 aromatic heterocycles. The zero-order valence-electron chi connectivity index (χ0n) is 28.0. The quantitative estimate of drug-likeness (QED) is 0.0662. The topological polar surface area (TPSA) is 44.5 Å². The van der Waals surface area contributed by atoms with Crippen LogP contribution in [-0.2, 0) is 9.47 Å². The Morgan fingerprint density at radius 2 is 0.949 bits per heavy atom. The predicted octanol–water partition coefficient (Wildman–Crippen LogP) is 10.6. The van der Waals surface area contributed by atoms with Crippen LogP contribution in [0.5, 0.6) is 0 Å². The second kappa shape index (κ2) is 28.4. The molecule has 3 nitrogen and oxygen atoms in total. The van der Waals surface area contributed by atoms with Gasteiger partial charge in [0, 0.05) is 0 Å². The zero-order chi connectivity index (χ0) is 29.0. The summed E-state index contributed by atoms with van der Waals surface area (Å²) in [5.41, 5.74) is 5.86. The van der Waals surface area contributed by atoms with Gasteiger partial charge in [0.2, 0.25) is 0 Å². The van der Waals surface area contributed by atoms with Crippen LogP contribution in [0.4, 0.5) is 0 Å². The SMILES string of the molecule is CCCCCCCCOC(C)C(OCCCCCC)C(C)C[PH](CCCC)(CCCCCC)CCCCCN. The number of hydrogen-bond acceptors (Lipinski definition) is 3. The van der Waals surface area contributed by atoms with Gasteiger partial charge < -0.3 is 0 Å². The standard InChI is InChI=1S/C35H76NO2P/c1-7-11-15-18-19-23-27-37-34(6)35(38-28-22-16-12-8-2)33(5)32-39(29-14-10-4,30-24-17-13-9-3)31-25-20-21-26-36/h33-35,39H,7-32,36H2,1-6H3. The van der Waals surface area contributed by atoms with Crippen molar-refractivity contribution in [2.75, 3.05) is 44.4 Å². The van der Waals surface area contributed by atoms with E-state index in [0.717, 1.165) is 19.8 Å². The van der Waals surface area contributed by atoms with Gasteiger partial charge in [-0.25, -0.2) is 0 Å². The van der Waals surface area contributed by atoms with E-state index in [2.05, 4.69) is 41.5 Å². The maximum atomic E-state index is 6.74. The molecule has 238 valence electrons. The summed E-state index contributed by atoms with van der Waals surface area (Å²) in [5, 5.41) is 0. The number of ether oxygens (including phenoxy) is 2. The van der Waals surface area contributed by atoms with Crippen molar-refractivity contribution in [3.8, 4) is 0 Å². The molecule has 0 aliphatic carbocycles. The Labute approximate surface area is 248 Å². The minimum atomic E-state index is -1.38. The fourth-order valence-corrected chi connectivity index (χ4v) is 12.6. The molecule has 0 radical (unpaired) electrons. The van der Waals surface area contributed by atoms with Crippen molar-refractivity contribution in [2.45, 2.75) is 176 Å². The Hall–Kier alpha value is 0.310. The molecule has 0 aliphatic rings. The van der Waals surface area contributed by atoms with Crippen molar-refractivity contribution in [2.24, 2.45) is 11.7 Å². The van der Waals surface area contributed by atoms with Gasteiger partial charge in [-0.05, 0) is 0 Å². The van der Waals surface area contributed by atoms with Crippen LogP contribution in [0.3, 0.4) is 0 Å². The average molecular weight is 574 g/mol. The van der Waals surface area contributed by atoms with Gasteiger partial charge in [0.05, 0.1) is 0 Å². The summed E-state index contributed by atoms with van der Waals surface area (Å²) in [6.45, 7) is 16.8. The van der Waals surface area contributed by atoms with Crippen LogP contribution in [0.25, 0.3) is 0 Å². The maximum absolute atomic E-state index is 6.74. The van der Waals surface area contributed by atoms with E-state index in [1.807, 2.05) is 0 Å². The number of hydrogen-bond donors (Lipinski definition) is 1. The monoisotopic (exact) mass is 574 g/mol. The van der Waals surface area contributed by atoms with Crippen LogP contribution in [0.2, 0.25) is 0 Å². The molecule has 0 aliphatic heterocycles. The Bertz CT molecular complexity index is 477. The Morgan fingerprint density at radius 3 is 1.51 bits per heavy atom. The van der Waals surface area contributed by atoms with E-state index in [4.69, 9.17) is 15.2 Å². The van der Waals surface area contributed by atoms with Crippen molar-refractivity contribution in [3.05, 3.63) is 0 Å². The molecule has 0 bridgehead atoms. The molecule has 0 saturated carbocycles. The molecule has 3 atom stereocenters. The Morgan fingerprint density at radius 1 is 0.513 bits per heavy atom. The second-order valence-corrected chi connectivity index (χ2v) is 17.8. The first kappa shape index (κ1) is 39.3. The summed E-state index contributed by atoms with van der Waals surface area (Å²) in [4.78, 5) is 0. The van der Waals surface area contributed by atoms with Crippen molar-refractivity contribution in [1.82, 2.24) is 0 Å². The van der Waals surface area contributed by atoms with E-state index in [9.17, 15) is 0 Å². The van der Waals surface area contributed by atoms with Crippen molar-refractivity contribution >= 4 is 7.26 Å². The normalized spacial score (nSPS) is 14.9. The van der Waals surface area contributed by atoms with E-state index in [1.165, 1.54) is 147 Å². The molecular formula is C35H76NO2P. The van der Waals surface area contributed by atoms with Crippen LogP contribution in [0.15, 0.2) is 0 Å². The number of rotatable bonds is 31. The van der Waals surface area contributed by atoms with Gasteiger partial charge in [0.15, 0.2) is 0 Å². The Kier molecular flexibility index (Phi) is 28.7. The third-order valence-electron chi connectivity index (χ3n) is 9.00. The van der Waals surface area contributed by atoms with Gasteiger partial charge in [-0.3, -0.25) is 0 Å². The fraction of sp³-hybridized carbons (Fsp3) is 1.00. The first-order chi connectivity index (χ1) is 19.0. The van der Waals surface area contributed by atoms with Crippen LogP contribution in [-0.4, -0.2) is 56.6 Å². The summed E-state index contributed by atoms with van der Waals surface area (Å²) >= 11 is 0. The van der Waals surface area contributed by atoms with Crippen molar-refractivity contribution in [1.29, 1.82) is 0 Å². The number of unbranched alkanes of at least 4 members (excludes halogenated alkanes) is 14. The molecule has 3 unspecified atom stereocenters. The van der Waals surface area contributed by atoms with Gasteiger partial charge in [0.1, 0.15) is 0 Å². The molecule has 0 fully saturated rings. The molecule has 0 aromatic rings. The predicted molar refractivity (Wildman–Crippen MR) is 182 cm³/mol. The molecule has 0 saturated heterocycles. The fourth-order valence-electron chi connectivity index (χ4n) is 6.54. The van der Waals surface area contributed by atoms with Gasteiger partial charge >= 0.3 is 242 Å². The summed E-state index contributed by atoms with van der Waals surface area (Å²) in [6, 6.07) is 0. The summed E-state index contributed by atoms with van der Waals surface area (Å²) in [6.07, 6.45) is 31.6. The van der Waals surface area contributed by atoms with Gasteiger partial charge in [-0.15, -0.1) is 0 Å². The van der Waals surface area contributed by atoms with Crippen molar-refractivity contribution in [3.63, 3.8) is 0 Å². The van der Waals surface area contributed by atoms with Gasteiger partial charge in [-0.2, -0.15) is 0 Å². The molecule has 0 heterocycles. The average Bonchev–Trinajstić information content (AvgIpc) is 2.93. The molecule has 2 N–H and O–H groups in total. The first-order valence-corrected chi connectivity index (χ1v) is 20.8. The van der Waals surface area contributed by atoms with Crippen LogP contribution in [0.1, 0.15) is 164 Å². The first-order valence-electron chi connectivity index (χ1n) is 17.9. The third kappa shape index (κ3) is 21.6. The van der Waals surface area contributed by atoms with Crippen molar-refractivity contribution < 1.29 is 9.47 Å². The Balaban J connectivity index is 5.40. The van der Waals surface area contributed by atoms with E-state index in [-0.39, 0.29) is 12.2 Å². The van der Waals surface area contributed by atoms with E-state index < -0.39 is 7.26 Å². The number of nitrogens with two attached hydrogens (primary N) is 1. The molecule has 39 heavy (non-hydrogen) atoms. The molecule has 0 amide bonds. The van der Waals surface area contributed by atoms with E-state index in [1.54, 1.807) is 0 Å². The molecular weight excluding hydrogens is 497 g/mol. The molecule has 0 spiro atoms. The van der Waals surface area contributed by atoms with Crippen LogP contribution >= 0.6 is 7.26 Å².